The molecule has 0 spiro atoms. The molecule has 2 aliphatic rings. The zero-order chi connectivity index (χ0) is 24.9. The summed E-state index contributed by atoms with van der Waals surface area (Å²) in [6.07, 6.45) is 1.92. The van der Waals surface area contributed by atoms with Crippen molar-refractivity contribution >= 4 is 18.0 Å². The number of fused-ring (bicyclic) bond motifs is 3. The van der Waals surface area contributed by atoms with Crippen LogP contribution in [0.15, 0.2) is 48.5 Å². The maximum absolute atomic E-state index is 12.6. The van der Waals surface area contributed by atoms with Crippen LogP contribution in [0.25, 0.3) is 11.1 Å². The van der Waals surface area contributed by atoms with Gasteiger partial charge in [-0.25, -0.2) is 4.79 Å². The molecule has 2 aliphatic carbocycles. The van der Waals surface area contributed by atoms with Crippen molar-refractivity contribution in [3.8, 4) is 11.1 Å². The number of carbonyl (C=O) groups excluding carboxylic acids is 2. The van der Waals surface area contributed by atoms with Crippen molar-refractivity contribution in [1.82, 2.24) is 10.6 Å². The molecule has 7 heteroatoms. The Bertz CT molecular complexity index is 1040. The molecule has 4 rings (SSSR count). The van der Waals surface area contributed by atoms with Crippen LogP contribution in [0.1, 0.15) is 56.6 Å². The van der Waals surface area contributed by atoms with Crippen molar-refractivity contribution in [2.45, 2.75) is 51.5 Å². The average Bonchev–Trinajstić information content (AvgIpc) is 3.42. The van der Waals surface area contributed by atoms with Gasteiger partial charge in [-0.3, -0.25) is 9.59 Å². The fraction of sp³-hybridized carbons (Fsp3) is 0.464. The highest BCUT2D eigenvalue weighted by molar-refractivity contribution is 5.80. The molecule has 0 bridgehead atoms. The predicted molar refractivity (Wildman–Crippen MR) is 133 cm³/mol. The van der Waals surface area contributed by atoms with Crippen LogP contribution in [0.2, 0.25) is 0 Å². The molecular weight excluding hydrogens is 444 g/mol. The van der Waals surface area contributed by atoms with E-state index in [0.29, 0.717) is 25.7 Å². The summed E-state index contributed by atoms with van der Waals surface area (Å²) in [5.74, 6) is -1.61. The third-order valence-corrected chi connectivity index (χ3v) is 7.10. The van der Waals surface area contributed by atoms with E-state index in [4.69, 9.17) is 4.74 Å². The van der Waals surface area contributed by atoms with Gasteiger partial charge < -0.3 is 20.5 Å². The Balaban J connectivity index is 1.25. The summed E-state index contributed by atoms with van der Waals surface area (Å²) in [7, 11) is 0. The zero-order valence-corrected chi connectivity index (χ0v) is 20.3. The van der Waals surface area contributed by atoms with Crippen molar-refractivity contribution in [3.63, 3.8) is 0 Å². The first kappa shape index (κ1) is 24.8. The Morgan fingerprint density at radius 2 is 1.63 bits per heavy atom. The molecule has 1 saturated carbocycles. The van der Waals surface area contributed by atoms with E-state index in [1.165, 1.54) is 11.1 Å². The lowest BCUT2D eigenvalue weighted by Crippen LogP contribution is -2.38. The standard InChI is InChI=1S/C28H34N2O5/c1-17(2)13-19(27(32)33)15-29-26(31)18-11-12-20(14-18)30-28(34)35-16-25-23-9-5-3-7-21(23)22-8-4-6-10-24(22)25/h3-10,17-20,25H,11-16H2,1-2H3,(H,29,31)(H,30,34)(H,32,33)/t18-,19?,20+/m1/s1. The maximum atomic E-state index is 12.6. The largest absolute Gasteiger partial charge is 0.481 e. The van der Waals surface area contributed by atoms with Crippen LogP contribution in [0.5, 0.6) is 0 Å². The number of carboxylic acids is 1. The van der Waals surface area contributed by atoms with Crippen LogP contribution in [-0.4, -0.2) is 42.3 Å². The zero-order valence-electron chi connectivity index (χ0n) is 20.3. The van der Waals surface area contributed by atoms with Gasteiger partial charge >= 0.3 is 12.1 Å². The van der Waals surface area contributed by atoms with Crippen molar-refractivity contribution < 1.29 is 24.2 Å². The van der Waals surface area contributed by atoms with Gasteiger partial charge in [0.25, 0.3) is 0 Å². The van der Waals surface area contributed by atoms with Crippen LogP contribution in [0.3, 0.4) is 0 Å². The smallest absolute Gasteiger partial charge is 0.407 e. The van der Waals surface area contributed by atoms with Crippen molar-refractivity contribution in [2.75, 3.05) is 13.2 Å². The monoisotopic (exact) mass is 478 g/mol. The Morgan fingerprint density at radius 3 is 2.23 bits per heavy atom. The quantitative estimate of drug-likeness (QED) is 0.490. The molecule has 3 N–H and O–H groups in total. The summed E-state index contributed by atoms with van der Waals surface area (Å²) in [6.45, 7) is 4.32. The lowest BCUT2D eigenvalue weighted by molar-refractivity contribution is -0.142. The number of amides is 2. The van der Waals surface area contributed by atoms with Crippen LogP contribution in [-0.2, 0) is 14.3 Å². The van der Waals surface area contributed by atoms with Gasteiger partial charge in [-0.2, -0.15) is 0 Å². The third-order valence-electron chi connectivity index (χ3n) is 7.10. The summed E-state index contributed by atoms with van der Waals surface area (Å²) in [5.41, 5.74) is 4.69. The van der Waals surface area contributed by atoms with Crippen molar-refractivity contribution in [3.05, 3.63) is 59.7 Å². The molecule has 0 heterocycles. The van der Waals surface area contributed by atoms with Crippen molar-refractivity contribution in [1.29, 1.82) is 0 Å². The number of alkyl carbamates (subject to hydrolysis) is 1. The molecular formula is C28H34N2O5. The average molecular weight is 479 g/mol. The van der Waals surface area contributed by atoms with Crippen molar-refractivity contribution in [2.24, 2.45) is 17.8 Å². The maximum Gasteiger partial charge on any atom is 0.407 e. The number of hydrogen-bond acceptors (Lipinski definition) is 4. The molecule has 0 aromatic heterocycles. The molecule has 7 nitrogen and oxygen atoms in total. The number of ether oxygens (including phenoxy) is 1. The summed E-state index contributed by atoms with van der Waals surface area (Å²) in [6, 6.07) is 16.3. The molecule has 3 atom stereocenters. The Morgan fingerprint density at radius 1 is 1.00 bits per heavy atom. The minimum Gasteiger partial charge on any atom is -0.481 e. The van der Waals surface area contributed by atoms with Gasteiger partial charge in [0.15, 0.2) is 0 Å². The second kappa shape index (κ2) is 10.9. The van der Waals surface area contributed by atoms with Crippen LogP contribution < -0.4 is 10.6 Å². The fourth-order valence-electron chi connectivity index (χ4n) is 5.37. The second-order valence-electron chi connectivity index (χ2n) is 10.1. The predicted octanol–water partition coefficient (Wildman–Crippen LogP) is 4.56. The Labute approximate surface area is 206 Å². The molecule has 1 fully saturated rings. The van der Waals surface area contributed by atoms with Gasteiger partial charge in [0.1, 0.15) is 6.61 Å². The minimum absolute atomic E-state index is 0.00303. The lowest BCUT2D eigenvalue weighted by atomic mass is 9.97. The molecule has 0 radical (unpaired) electrons. The van der Waals surface area contributed by atoms with Gasteiger partial charge in [-0.05, 0) is 53.9 Å². The van der Waals surface area contributed by atoms with E-state index in [0.717, 1.165) is 11.1 Å². The first-order chi connectivity index (χ1) is 16.8. The van der Waals surface area contributed by atoms with E-state index < -0.39 is 18.0 Å². The normalized spacial score (nSPS) is 19.6. The van der Waals surface area contributed by atoms with E-state index >= 15 is 0 Å². The third kappa shape index (κ3) is 5.84. The number of aliphatic carboxylic acids is 1. The Kier molecular flexibility index (Phi) is 7.73. The van der Waals surface area contributed by atoms with E-state index in [9.17, 15) is 19.5 Å². The van der Waals surface area contributed by atoms with Gasteiger partial charge in [-0.1, -0.05) is 62.4 Å². The number of hydrogen-bond donors (Lipinski definition) is 3. The number of benzene rings is 2. The van der Waals surface area contributed by atoms with Gasteiger partial charge in [-0.15, -0.1) is 0 Å². The van der Waals surface area contributed by atoms with Gasteiger partial charge in [0.2, 0.25) is 5.91 Å². The van der Waals surface area contributed by atoms with Crippen LogP contribution >= 0.6 is 0 Å². The number of carboxylic acid groups (broad SMARTS) is 1. The number of rotatable bonds is 9. The van der Waals surface area contributed by atoms with Gasteiger partial charge in [0, 0.05) is 24.4 Å². The van der Waals surface area contributed by atoms with Crippen LogP contribution in [0, 0.1) is 17.8 Å². The summed E-state index contributed by atoms with van der Waals surface area (Å²) in [4.78, 5) is 36.5. The number of nitrogens with one attached hydrogen (secondary N) is 2. The first-order valence-electron chi connectivity index (χ1n) is 12.5. The minimum atomic E-state index is -0.889. The molecule has 2 aromatic carbocycles. The second-order valence-corrected chi connectivity index (χ2v) is 10.1. The highest BCUT2D eigenvalue weighted by Crippen LogP contribution is 2.44. The molecule has 0 aliphatic heterocycles. The Hall–Kier alpha value is -3.35. The molecule has 1 unspecified atom stereocenters. The molecule has 35 heavy (non-hydrogen) atoms. The number of carbonyl (C=O) groups is 3. The van der Waals surface area contributed by atoms with Gasteiger partial charge in [0.05, 0.1) is 5.92 Å². The molecule has 2 aromatic rings. The molecule has 2 amide bonds. The molecule has 186 valence electrons. The SMILES string of the molecule is CC(C)CC(CNC(=O)[C@@H]1CC[C@H](NC(=O)OCC2c3ccccc3-c3ccccc32)C1)C(=O)O. The lowest BCUT2D eigenvalue weighted by Gasteiger charge is -2.18. The summed E-state index contributed by atoms with van der Waals surface area (Å²) in [5, 5.41) is 15.1. The molecule has 0 saturated heterocycles. The first-order valence-corrected chi connectivity index (χ1v) is 12.5. The van der Waals surface area contributed by atoms with E-state index in [1.807, 2.05) is 38.1 Å². The summed E-state index contributed by atoms with van der Waals surface area (Å²) < 4.78 is 5.62. The summed E-state index contributed by atoms with van der Waals surface area (Å²) >= 11 is 0. The fourth-order valence-corrected chi connectivity index (χ4v) is 5.37. The van der Waals surface area contributed by atoms with E-state index in [1.54, 1.807) is 0 Å². The van der Waals surface area contributed by atoms with E-state index in [-0.39, 0.29) is 42.9 Å². The highest BCUT2D eigenvalue weighted by Gasteiger charge is 2.33. The topological polar surface area (TPSA) is 105 Å². The van der Waals surface area contributed by atoms with E-state index in [2.05, 4.69) is 34.9 Å². The highest BCUT2D eigenvalue weighted by atomic mass is 16.5. The van der Waals surface area contributed by atoms with Crippen LogP contribution in [0.4, 0.5) is 4.79 Å².